The van der Waals surface area contributed by atoms with Gasteiger partial charge in [0.2, 0.25) is 0 Å². The van der Waals surface area contributed by atoms with Crippen molar-refractivity contribution >= 4 is 13.5 Å². The van der Waals surface area contributed by atoms with Gasteiger partial charge in [-0.05, 0) is 38.3 Å². The van der Waals surface area contributed by atoms with Gasteiger partial charge >= 0.3 is 13.5 Å². The summed E-state index contributed by atoms with van der Waals surface area (Å²) in [5, 5.41) is 2.72. The van der Waals surface area contributed by atoms with E-state index in [0.29, 0.717) is 5.75 Å². The monoisotopic (exact) mass is 297 g/mol. The van der Waals surface area contributed by atoms with E-state index in [1.165, 1.54) is 6.66 Å². The molecular weight excluding hydrogens is 277 g/mol. The lowest BCUT2D eigenvalue weighted by Gasteiger charge is -2.27. The lowest BCUT2D eigenvalue weighted by molar-refractivity contribution is -0.154. The van der Waals surface area contributed by atoms with Gasteiger partial charge < -0.3 is 9.26 Å². The Morgan fingerprint density at radius 2 is 2.00 bits per heavy atom. The van der Waals surface area contributed by atoms with E-state index in [4.69, 9.17) is 9.26 Å². The topological polar surface area (TPSA) is 64.6 Å². The highest BCUT2D eigenvalue weighted by Crippen LogP contribution is 2.39. The van der Waals surface area contributed by atoms with Gasteiger partial charge in [-0.3, -0.25) is 9.36 Å². The third-order valence-corrected chi connectivity index (χ3v) is 4.56. The summed E-state index contributed by atoms with van der Waals surface area (Å²) < 4.78 is 23.0. The van der Waals surface area contributed by atoms with E-state index in [2.05, 4.69) is 5.09 Å². The van der Waals surface area contributed by atoms with Gasteiger partial charge in [0.05, 0.1) is 0 Å². The zero-order valence-electron chi connectivity index (χ0n) is 11.7. The first-order chi connectivity index (χ1) is 9.46. The Bertz CT molecular complexity index is 501. The van der Waals surface area contributed by atoms with Gasteiger partial charge in [-0.15, -0.1) is 0 Å². The number of carbonyl (C=O) groups excluding carboxylic acids is 1. The summed E-state index contributed by atoms with van der Waals surface area (Å²) in [4.78, 5) is 11.8. The summed E-state index contributed by atoms with van der Waals surface area (Å²) in [5.41, 5.74) is 0. The Balaban J connectivity index is 1.86. The van der Waals surface area contributed by atoms with Crippen LogP contribution in [0.3, 0.4) is 0 Å². The number of rotatable bonds is 6. The van der Waals surface area contributed by atoms with E-state index in [1.54, 1.807) is 31.2 Å². The highest BCUT2D eigenvalue weighted by Gasteiger charge is 2.28. The van der Waals surface area contributed by atoms with Crippen LogP contribution in [0, 0.1) is 0 Å². The molecule has 0 aromatic heterocycles. The molecule has 0 bridgehead atoms. The predicted octanol–water partition coefficient (Wildman–Crippen LogP) is 2.96. The van der Waals surface area contributed by atoms with Gasteiger partial charge in [-0.25, -0.2) is 5.09 Å². The lowest BCUT2D eigenvalue weighted by Crippen LogP contribution is -2.37. The maximum absolute atomic E-state index is 12.3. The highest BCUT2D eigenvalue weighted by atomic mass is 31.2. The number of hydrogen-bond donors (Lipinski definition) is 1. The molecule has 20 heavy (non-hydrogen) atoms. The molecule has 1 fully saturated rings. The minimum absolute atomic E-state index is 0.0260. The second-order valence-electron chi connectivity index (χ2n) is 5.09. The maximum Gasteiger partial charge on any atom is 0.323 e. The summed E-state index contributed by atoms with van der Waals surface area (Å²) in [6.45, 7) is 3.08. The maximum atomic E-state index is 12.3. The third kappa shape index (κ3) is 4.36. The summed E-state index contributed by atoms with van der Waals surface area (Å²) in [5.74, 6) is 0.124. The molecule has 5 nitrogen and oxygen atoms in total. The molecule has 1 aliphatic rings. The van der Waals surface area contributed by atoms with Crippen LogP contribution in [-0.4, -0.2) is 24.8 Å². The fraction of sp³-hybridized carbons (Fsp3) is 0.500. The first kappa shape index (κ1) is 15.1. The number of nitrogens with one attached hydrogen (secondary N) is 1. The predicted molar refractivity (Wildman–Crippen MR) is 76.9 cm³/mol. The Labute approximate surface area is 119 Å². The Morgan fingerprint density at radius 3 is 2.55 bits per heavy atom. The Hall–Kier alpha value is -1.32. The van der Waals surface area contributed by atoms with E-state index in [-0.39, 0.29) is 12.1 Å². The molecule has 0 saturated heterocycles. The van der Waals surface area contributed by atoms with Crippen molar-refractivity contribution in [3.05, 3.63) is 30.3 Å². The molecule has 1 aliphatic carbocycles. The van der Waals surface area contributed by atoms with Crippen molar-refractivity contribution in [3.63, 3.8) is 0 Å². The summed E-state index contributed by atoms with van der Waals surface area (Å²) in [7, 11) is -3.11. The van der Waals surface area contributed by atoms with Gasteiger partial charge in [0.1, 0.15) is 17.9 Å². The Morgan fingerprint density at radius 1 is 1.35 bits per heavy atom. The zero-order chi connectivity index (χ0) is 14.6. The number of benzene rings is 1. The van der Waals surface area contributed by atoms with E-state index in [1.807, 2.05) is 6.07 Å². The largest absolute Gasteiger partial charge is 0.461 e. The second-order valence-corrected chi connectivity index (χ2v) is 7.22. The van der Waals surface area contributed by atoms with Crippen molar-refractivity contribution in [2.75, 3.05) is 6.66 Å². The number of carbonyl (C=O) groups is 1. The number of para-hydroxylation sites is 1. The molecule has 0 heterocycles. The standard InChI is InChI=1S/C14H20NO4P/c1-11(14(16)18-12-9-6-10-12)15-20(2,17)19-13-7-4-3-5-8-13/h3-5,7-8,11-12H,6,9-10H2,1-2H3,(H,15,17)/t11-,20?/m0/s1. The van der Waals surface area contributed by atoms with Crippen molar-refractivity contribution < 1.29 is 18.6 Å². The third-order valence-electron chi connectivity index (χ3n) is 3.14. The summed E-state index contributed by atoms with van der Waals surface area (Å²) >= 11 is 0. The summed E-state index contributed by atoms with van der Waals surface area (Å²) in [6.07, 6.45) is 2.97. The van der Waals surface area contributed by atoms with Crippen LogP contribution < -0.4 is 9.61 Å². The fourth-order valence-electron chi connectivity index (χ4n) is 1.87. The quantitative estimate of drug-likeness (QED) is 0.646. The molecule has 1 aromatic rings. The van der Waals surface area contributed by atoms with Crippen molar-refractivity contribution in [1.82, 2.24) is 5.09 Å². The van der Waals surface area contributed by atoms with Crippen LogP contribution in [0.25, 0.3) is 0 Å². The number of ether oxygens (including phenoxy) is 1. The molecule has 0 spiro atoms. The van der Waals surface area contributed by atoms with Gasteiger partial charge in [0.25, 0.3) is 0 Å². The molecule has 0 radical (unpaired) electrons. The van der Waals surface area contributed by atoms with Crippen LogP contribution in [0.1, 0.15) is 26.2 Å². The molecule has 1 unspecified atom stereocenters. The molecule has 2 atom stereocenters. The van der Waals surface area contributed by atoms with Crippen molar-refractivity contribution in [2.45, 2.75) is 38.3 Å². The first-order valence-corrected chi connectivity index (χ1v) is 8.84. The van der Waals surface area contributed by atoms with Gasteiger partial charge in [0.15, 0.2) is 0 Å². The molecule has 6 heteroatoms. The highest BCUT2D eigenvalue weighted by molar-refractivity contribution is 7.56. The first-order valence-electron chi connectivity index (χ1n) is 6.77. The van der Waals surface area contributed by atoms with Crippen molar-refractivity contribution in [2.24, 2.45) is 0 Å². The van der Waals surface area contributed by atoms with Crippen LogP contribution in [0.15, 0.2) is 30.3 Å². The van der Waals surface area contributed by atoms with Gasteiger partial charge in [-0.2, -0.15) is 0 Å². The molecule has 0 amide bonds. The minimum atomic E-state index is -3.11. The lowest BCUT2D eigenvalue weighted by atomic mass is 9.96. The van der Waals surface area contributed by atoms with Gasteiger partial charge in [0, 0.05) is 6.66 Å². The molecule has 0 aliphatic heterocycles. The minimum Gasteiger partial charge on any atom is -0.461 e. The number of esters is 1. The average Bonchev–Trinajstić information content (AvgIpc) is 2.33. The van der Waals surface area contributed by atoms with E-state index in [0.717, 1.165) is 19.3 Å². The second kappa shape index (κ2) is 6.42. The van der Waals surface area contributed by atoms with E-state index in [9.17, 15) is 9.36 Å². The average molecular weight is 297 g/mol. The van der Waals surface area contributed by atoms with Gasteiger partial charge in [-0.1, -0.05) is 18.2 Å². The molecule has 110 valence electrons. The van der Waals surface area contributed by atoms with Crippen LogP contribution in [0.2, 0.25) is 0 Å². The molecule has 1 aromatic carbocycles. The number of hydrogen-bond acceptors (Lipinski definition) is 4. The van der Waals surface area contributed by atoms with Crippen molar-refractivity contribution in [1.29, 1.82) is 0 Å². The van der Waals surface area contributed by atoms with Crippen LogP contribution in [0.4, 0.5) is 0 Å². The van der Waals surface area contributed by atoms with Crippen LogP contribution >= 0.6 is 7.52 Å². The fourth-order valence-corrected chi connectivity index (χ4v) is 3.25. The van der Waals surface area contributed by atoms with Crippen molar-refractivity contribution in [3.8, 4) is 5.75 Å². The Kier molecular flexibility index (Phi) is 4.84. The summed E-state index contributed by atoms with van der Waals surface area (Å²) in [6, 6.07) is 8.21. The smallest absolute Gasteiger partial charge is 0.323 e. The van der Waals surface area contributed by atoms with Crippen LogP contribution in [-0.2, 0) is 14.1 Å². The SMILES string of the molecule is C[C@H](NP(C)(=O)Oc1ccccc1)C(=O)OC1CCC1. The molecule has 1 N–H and O–H groups in total. The molecule has 2 rings (SSSR count). The molecule has 1 saturated carbocycles. The van der Waals surface area contributed by atoms with Crippen LogP contribution in [0.5, 0.6) is 5.75 Å². The normalized spacial score (nSPS) is 19.5. The van der Waals surface area contributed by atoms with E-state index >= 15 is 0 Å². The van der Waals surface area contributed by atoms with E-state index < -0.39 is 13.6 Å². The molecular formula is C14H20NO4P. The zero-order valence-corrected chi connectivity index (χ0v) is 12.6.